The molecule has 0 saturated heterocycles. The number of hydrogen-bond donors (Lipinski definition) is 2. The van der Waals surface area contributed by atoms with Crippen molar-refractivity contribution in [1.82, 2.24) is 0 Å². The molecule has 148 valence electrons. The minimum atomic E-state index is -5.22. The molecule has 2 N–H and O–H groups in total. The van der Waals surface area contributed by atoms with Crippen LogP contribution in [0.15, 0.2) is 47.4 Å². The van der Waals surface area contributed by atoms with Gasteiger partial charge in [-0.15, -0.1) is 26.3 Å². The quantitative estimate of drug-likeness (QED) is 0.568. The Bertz CT molecular complexity index is 926. The van der Waals surface area contributed by atoms with E-state index in [9.17, 15) is 39.9 Å². The summed E-state index contributed by atoms with van der Waals surface area (Å²) in [7, 11) is -4.81. The first kappa shape index (κ1) is 20.5. The van der Waals surface area contributed by atoms with Gasteiger partial charge in [0.1, 0.15) is 16.4 Å². The van der Waals surface area contributed by atoms with Crippen LogP contribution in [0.25, 0.3) is 0 Å². The number of alkyl halides is 6. The molecular weight excluding hydrogens is 408 g/mol. The number of halogens is 6. The molecule has 0 bridgehead atoms. The maximum atomic E-state index is 12.4. The van der Waals surface area contributed by atoms with Crippen LogP contribution in [0.1, 0.15) is 0 Å². The zero-order valence-corrected chi connectivity index (χ0v) is 13.6. The van der Waals surface area contributed by atoms with Crippen molar-refractivity contribution in [3.8, 4) is 17.2 Å². The molecule has 0 aliphatic heterocycles. The molecule has 2 aromatic carbocycles. The number of rotatable bonds is 5. The third kappa shape index (κ3) is 5.84. The fraction of sp³-hybridized carbons (Fsp3) is 0.143. The van der Waals surface area contributed by atoms with E-state index in [2.05, 4.69) is 9.47 Å². The topological polar surface area (TPSA) is 84.9 Å². The van der Waals surface area contributed by atoms with Crippen molar-refractivity contribution < 1.29 is 49.3 Å². The number of hydrogen-bond acceptors (Lipinski definition) is 5. The van der Waals surface area contributed by atoms with E-state index < -0.39 is 50.6 Å². The number of aromatic hydroxyl groups is 1. The van der Waals surface area contributed by atoms with Gasteiger partial charge in [-0.3, -0.25) is 4.72 Å². The molecule has 0 heterocycles. The van der Waals surface area contributed by atoms with Crippen LogP contribution < -0.4 is 14.2 Å². The van der Waals surface area contributed by atoms with Gasteiger partial charge in [-0.1, -0.05) is 12.1 Å². The fourth-order valence-electron chi connectivity index (χ4n) is 1.89. The first-order valence-corrected chi connectivity index (χ1v) is 8.21. The SMILES string of the molecule is O=S(=O)(Nc1ccc(O)cc1OC(F)(F)F)c1ccccc1OC(F)(F)F. The van der Waals surface area contributed by atoms with Gasteiger partial charge >= 0.3 is 12.7 Å². The van der Waals surface area contributed by atoms with Gasteiger partial charge in [-0.05, 0) is 24.3 Å². The highest BCUT2D eigenvalue weighted by Crippen LogP contribution is 2.36. The molecule has 0 amide bonds. The molecule has 0 saturated carbocycles. The van der Waals surface area contributed by atoms with Crippen molar-refractivity contribution in [2.45, 2.75) is 17.6 Å². The maximum Gasteiger partial charge on any atom is 0.573 e. The van der Waals surface area contributed by atoms with Crippen LogP contribution >= 0.6 is 0 Å². The first-order chi connectivity index (χ1) is 12.3. The molecular formula is C14H9F6NO5S. The smallest absolute Gasteiger partial charge is 0.508 e. The van der Waals surface area contributed by atoms with E-state index >= 15 is 0 Å². The highest BCUT2D eigenvalue weighted by Gasteiger charge is 2.35. The Hall–Kier alpha value is -2.83. The molecule has 2 aromatic rings. The van der Waals surface area contributed by atoms with Crippen molar-refractivity contribution in [2.24, 2.45) is 0 Å². The third-order valence-corrected chi connectivity index (χ3v) is 4.20. The second kappa shape index (κ2) is 7.06. The normalized spacial score (nSPS) is 12.5. The van der Waals surface area contributed by atoms with E-state index in [0.29, 0.717) is 12.1 Å². The molecule has 0 atom stereocenters. The molecule has 0 aliphatic rings. The summed E-state index contributed by atoms with van der Waals surface area (Å²) in [5.41, 5.74) is -0.771. The van der Waals surface area contributed by atoms with E-state index in [1.54, 1.807) is 4.72 Å². The molecule has 6 nitrogen and oxygen atoms in total. The Morgan fingerprint density at radius 1 is 0.852 bits per heavy atom. The summed E-state index contributed by atoms with van der Waals surface area (Å²) in [5, 5.41) is 9.25. The lowest BCUT2D eigenvalue weighted by Crippen LogP contribution is -2.22. The van der Waals surface area contributed by atoms with E-state index in [-0.39, 0.29) is 0 Å². The summed E-state index contributed by atoms with van der Waals surface area (Å²) in [6.45, 7) is 0. The Labute approximate surface area is 148 Å². The standard InChI is InChI=1S/C14H9F6NO5S/c15-13(16,17)25-10-3-1-2-4-12(10)27(23,24)21-9-6-5-8(22)7-11(9)26-14(18,19)20/h1-7,21-22H. The average molecular weight is 417 g/mol. The number of benzene rings is 2. The van der Waals surface area contributed by atoms with E-state index in [1.165, 1.54) is 0 Å². The second-order valence-electron chi connectivity index (χ2n) is 4.83. The highest BCUT2D eigenvalue weighted by atomic mass is 32.2. The Morgan fingerprint density at radius 3 is 2.00 bits per heavy atom. The van der Waals surface area contributed by atoms with Crippen LogP contribution in [0.2, 0.25) is 0 Å². The van der Waals surface area contributed by atoms with Gasteiger partial charge in [0.2, 0.25) is 0 Å². The highest BCUT2D eigenvalue weighted by molar-refractivity contribution is 7.92. The van der Waals surface area contributed by atoms with Crippen LogP contribution in [0, 0.1) is 0 Å². The Kier molecular flexibility index (Phi) is 5.35. The summed E-state index contributed by atoms with van der Waals surface area (Å²) < 4.78 is 108. The van der Waals surface area contributed by atoms with Crippen molar-refractivity contribution in [2.75, 3.05) is 4.72 Å². The summed E-state index contributed by atoms with van der Waals surface area (Å²) in [6, 6.07) is 5.69. The average Bonchev–Trinajstić information content (AvgIpc) is 2.47. The number of nitrogens with one attached hydrogen (secondary N) is 1. The number of para-hydroxylation sites is 1. The minimum Gasteiger partial charge on any atom is -0.508 e. The molecule has 0 aromatic heterocycles. The van der Waals surface area contributed by atoms with Crippen molar-refractivity contribution >= 4 is 15.7 Å². The zero-order valence-electron chi connectivity index (χ0n) is 12.8. The molecule has 0 aliphatic carbocycles. The Balaban J connectivity index is 2.44. The van der Waals surface area contributed by atoms with E-state index in [1.807, 2.05) is 0 Å². The van der Waals surface area contributed by atoms with Gasteiger partial charge in [0.05, 0.1) is 5.69 Å². The summed E-state index contributed by atoms with van der Waals surface area (Å²) in [4.78, 5) is -0.978. The predicted octanol–water partition coefficient (Wildman–Crippen LogP) is 3.99. The number of sulfonamides is 1. The molecule has 2 rings (SSSR count). The molecule has 0 spiro atoms. The maximum absolute atomic E-state index is 12.4. The monoisotopic (exact) mass is 417 g/mol. The minimum absolute atomic E-state index is 0.476. The Morgan fingerprint density at radius 2 is 1.41 bits per heavy atom. The van der Waals surface area contributed by atoms with Crippen LogP contribution in [-0.4, -0.2) is 26.2 Å². The molecule has 13 heteroatoms. The van der Waals surface area contributed by atoms with Gasteiger partial charge in [-0.25, -0.2) is 8.42 Å². The molecule has 0 radical (unpaired) electrons. The van der Waals surface area contributed by atoms with Crippen molar-refractivity contribution in [1.29, 1.82) is 0 Å². The van der Waals surface area contributed by atoms with Crippen molar-refractivity contribution in [3.05, 3.63) is 42.5 Å². The summed E-state index contributed by atoms with van der Waals surface area (Å²) in [6.07, 6.45) is -10.4. The fourth-order valence-corrected chi connectivity index (χ4v) is 3.09. The second-order valence-corrected chi connectivity index (χ2v) is 6.48. The van der Waals surface area contributed by atoms with Gasteiger partial charge < -0.3 is 14.6 Å². The van der Waals surface area contributed by atoms with Crippen LogP contribution in [0.4, 0.5) is 32.0 Å². The number of anilines is 1. The number of ether oxygens (including phenoxy) is 2. The molecule has 27 heavy (non-hydrogen) atoms. The van der Waals surface area contributed by atoms with Crippen LogP contribution in [0.5, 0.6) is 17.2 Å². The van der Waals surface area contributed by atoms with E-state index in [0.717, 1.165) is 30.3 Å². The van der Waals surface area contributed by atoms with E-state index in [4.69, 9.17) is 0 Å². The van der Waals surface area contributed by atoms with Gasteiger partial charge in [0.25, 0.3) is 10.0 Å². The van der Waals surface area contributed by atoms with Crippen LogP contribution in [0.3, 0.4) is 0 Å². The lowest BCUT2D eigenvalue weighted by Gasteiger charge is -2.17. The van der Waals surface area contributed by atoms with Gasteiger partial charge in [-0.2, -0.15) is 0 Å². The molecule has 0 fully saturated rings. The lowest BCUT2D eigenvalue weighted by molar-refractivity contribution is -0.276. The predicted molar refractivity (Wildman–Crippen MR) is 78.7 cm³/mol. The van der Waals surface area contributed by atoms with Crippen molar-refractivity contribution in [3.63, 3.8) is 0 Å². The van der Waals surface area contributed by atoms with Gasteiger partial charge in [0, 0.05) is 6.07 Å². The number of phenolic OH excluding ortho intramolecular Hbond substituents is 1. The zero-order chi connectivity index (χ0) is 20.5. The first-order valence-electron chi connectivity index (χ1n) is 6.73. The summed E-state index contributed by atoms with van der Waals surface area (Å²) in [5.74, 6) is -2.87. The summed E-state index contributed by atoms with van der Waals surface area (Å²) >= 11 is 0. The van der Waals surface area contributed by atoms with Gasteiger partial charge in [0.15, 0.2) is 5.75 Å². The largest absolute Gasteiger partial charge is 0.573 e. The lowest BCUT2D eigenvalue weighted by atomic mass is 10.3. The van der Waals surface area contributed by atoms with Crippen LogP contribution in [-0.2, 0) is 10.0 Å². The number of phenols is 1. The third-order valence-electron chi connectivity index (χ3n) is 2.80. The molecule has 0 unspecified atom stereocenters.